The van der Waals surface area contributed by atoms with Crippen LogP contribution in [0.5, 0.6) is 5.75 Å². The zero-order valence-corrected chi connectivity index (χ0v) is 22.6. The molecule has 11 heteroatoms. The molecule has 40 heavy (non-hydrogen) atoms. The minimum Gasteiger partial charge on any atom is -0.488 e. The number of aromatic nitrogens is 2. The molecule has 4 heterocycles. The van der Waals surface area contributed by atoms with E-state index in [1.807, 2.05) is 18.2 Å². The molecule has 210 valence electrons. The highest BCUT2D eigenvalue weighted by Gasteiger charge is 2.35. The van der Waals surface area contributed by atoms with Crippen LogP contribution in [0, 0.1) is 5.82 Å². The van der Waals surface area contributed by atoms with E-state index in [0.29, 0.717) is 61.1 Å². The number of nitrogens with zero attached hydrogens (tertiary/aromatic N) is 3. The van der Waals surface area contributed by atoms with Crippen LogP contribution < -0.4 is 10.1 Å². The standard InChI is InChI=1S/C29H30ClFN4O5/c30-23-12-19(3-4-24(23)31)34-29-22-11-18(26(13-25(22)32-17-33-29)40-21-5-7-37-16-21)10-20(36)2-1-6-35-14-27-28(15-35)39-9-8-38-27/h1-4,11-13,17,21,27-28H,5-10,14-16H2,(H,32,33,34)/b2-1+/t21-,27-,28+/m0/s1. The largest absolute Gasteiger partial charge is 0.488 e. The molecule has 0 spiro atoms. The van der Waals surface area contributed by atoms with Crippen molar-refractivity contribution in [3.05, 3.63) is 65.2 Å². The van der Waals surface area contributed by atoms with Crippen molar-refractivity contribution in [2.24, 2.45) is 0 Å². The molecule has 9 nitrogen and oxygen atoms in total. The maximum atomic E-state index is 13.7. The monoisotopic (exact) mass is 568 g/mol. The predicted octanol–water partition coefficient (Wildman–Crippen LogP) is 4.10. The third-order valence-electron chi connectivity index (χ3n) is 7.25. The molecule has 3 aromatic rings. The molecule has 0 amide bonds. The summed E-state index contributed by atoms with van der Waals surface area (Å²) in [4.78, 5) is 24.1. The summed E-state index contributed by atoms with van der Waals surface area (Å²) in [6.07, 6.45) is 5.98. The van der Waals surface area contributed by atoms with Crippen LogP contribution in [0.1, 0.15) is 12.0 Å². The van der Waals surface area contributed by atoms with Gasteiger partial charge in [0.2, 0.25) is 0 Å². The minimum absolute atomic E-state index is 0.00338. The number of allylic oxidation sites excluding steroid dienone is 1. The van der Waals surface area contributed by atoms with Gasteiger partial charge >= 0.3 is 0 Å². The summed E-state index contributed by atoms with van der Waals surface area (Å²) in [5.74, 6) is 0.549. The Hall–Kier alpha value is -3.15. The van der Waals surface area contributed by atoms with E-state index in [1.54, 1.807) is 12.1 Å². The second kappa shape index (κ2) is 12.2. The first-order valence-corrected chi connectivity index (χ1v) is 13.8. The topological polar surface area (TPSA) is 95.0 Å². The molecule has 0 saturated carbocycles. The van der Waals surface area contributed by atoms with Crippen molar-refractivity contribution < 1.29 is 28.1 Å². The van der Waals surface area contributed by atoms with E-state index < -0.39 is 5.82 Å². The first-order valence-electron chi connectivity index (χ1n) is 13.4. The average Bonchev–Trinajstić information content (AvgIpc) is 3.61. The van der Waals surface area contributed by atoms with Crippen molar-refractivity contribution in [3.8, 4) is 5.75 Å². The maximum absolute atomic E-state index is 13.7. The van der Waals surface area contributed by atoms with Gasteiger partial charge in [0, 0.05) is 55.2 Å². The highest BCUT2D eigenvalue weighted by Crippen LogP contribution is 2.32. The van der Waals surface area contributed by atoms with Gasteiger partial charge in [-0.25, -0.2) is 14.4 Å². The zero-order chi connectivity index (χ0) is 27.5. The zero-order valence-electron chi connectivity index (χ0n) is 21.9. The van der Waals surface area contributed by atoms with Gasteiger partial charge in [-0.2, -0.15) is 0 Å². The fraction of sp³-hybridized carbons (Fsp3) is 0.414. The van der Waals surface area contributed by atoms with Crippen LogP contribution in [0.25, 0.3) is 10.9 Å². The van der Waals surface area contributed by atoms with Gasteiger partial charge in [-0.15, -0.1) is 0 Å². The smallest absolute Gasteiger partial charge is 0.159 e. The molecule has 2 aromatic carbocycles. The number of anilines is 2. The van der Waals surface area contributed by atoms with Gasteiger partial charge in [-0.05, 0) is 30.3 Å². The molecule has 0 radical (unpaired) electrons. The number of hydrogen-bond acceptors (Lipinski definition) is 9. The first kappa shape index (κ1) is 27.0. The van der Waals surface area contributed by atoms with Crippen molar-refractivity contribution in [2.45, 2.75) is 31.2 Å². The Morgan fingerprint density at radius 2 is 1.98 bits per heavy atom. The summed E-state index contributed by atoms with van der Waals surface area (Å²) in [5, 5.41) is 3.89. The van der Waals surface area contributed by atoms with Crippen molar-refractivity contribution in [2.75, 3.05) is 51.4 Å². The Balaban J connectivity index is 1.21. The number of ketones is 1. The Morgan fingerprint density at radius 3 is 2.73 bits per heavy atom. The average molecular weight is 569 g/mol. The van der Waals surface area contributed by atoms with E-state index in [1.165, 1.54) is 18.5 Å². The summed E-state index contributed by atoms with van der Waals surface area (Å²) in [5.41, 5.74) is 1.94. The number of fused-ring (bicyclic) bond motifs is 2. The minimum atomic E-state index is -0.504. The third kappa shape index (κ3) is 6.26. The van der Waals surface area contributed by atoms with Crippen LogP contribution in [0.2, 0.25) is 5.02 Å². The predicted molar refractivity (Wildman–Crippen MR) is 148 cm³/mol. The van der Waals surface area contributed by atoms with E-state index in [9.17, 15) is 9.18 Å². The summed E-state index contributed by atoms with van der Waals surface area (Å²) in [6, 6.07) is 8.06. The number of rotatable bonds is 9. The molecule has 3 saturated heterocycles. The van der Waals surface area contributed by atoms with Crippen LogP contribution >= 0.6 is 11.6 Å². The van der Waals surface area contributed by atoms with Crippen molar-refractivity contribution in [1.29, 1.82) is 0 Å². The molecule has 3 atom stereocenters. The van der Waals surface area contributed by atoms with E-state index in [0.717, 1.165) is 25.1 Å². The van der Waals surface area contributed by atoms with E-state index in [2.05, 4.69) is 20.2 Å². The summed E-state index contributed by atoms with van der Waals surface area (Å²) in [6.45, 7) is 4.64. The Bertz CT molecular complexity index is 1400. The number of ether oxygens (including phenoxy) is 4. The lowest BCUT2D eigenvalue weighted by Crippen LogP contribution is -2.36. The van der Waals surface area contributed by atoms with Crippen molar-refractivity contribution in [3.63, 3.8) is 0 Å². The Kier molecular flexibility index (Phi) is 8.22. The van der Waals surface area contributed by atoms with Gasteiger partial charge in [0.15, 0.2) is 5.78 Å². The molecule has 0 unspecified atom stereocenters. The fourth-order valence-corrected chi connectivity index (χ4v) is 5.42. The molecule has 0 aliphatic carbocycles. The van der Waals surface area contributed by atoms with Gasteiger partial charge in [0.05, 0.1) is 49.2 Å². The van der Waals surface area contributed by atoms with Gasteiger partial charge < -0.3 is 24.3 Å². The number of carbonyl (C=O) groups is 1. The van der Waals surface area contributed by atoms with Crippen molar-refractivity contribution >= 4 is 39.8 Å². The first-order chi connectivity index (χ1) is 19.5. The molecular weight excluding hydrogens is 539 g/mol. The molecule has 0 bridgehead atoms. The molecule has 1 N–H and O–H groups in total. The Labute approximate surface area is 236 Å². The van der Waals surface area contributed by atoms with E-state index in [-0.39, 0.29) is 35.5 Å². The van der Waals surface area contributed by atoms with Gasteiger partial charge in [-0.1, -0.05) is 17.7 Å². The summed E-state index contributed by atoms with van der Waals surface area (Å²) < 4.78 is 37.0. The fourth-order valence-electron chi connectivity index (χ4n) is 5.24. The lowest BCUT2D eigenvalue weighted by atomic mass is 10.0. The van der Waals surface area contributed by atoms with Gasteiger partial charge in [-0.3, -0.25) is 9.69 Å². The quantitative estimate of drug-likeness (QED) is 0.383. The molecular formula is C29H30ClFN4O5. The normalized spacial score (nSPS) is 23.1. The molecule has 3 fully saturated rings. The van der Waals surface area contributed by atoms with Crippen LogP contribution in [-0.4, -0.2) is 85.0 Å². The van der Waals surface area contributed by atoms with E-state index in [4.69, 9.17) is 30.5 Å². The highest BCUT2D eigenvalue weighted by atomic mass is 35.5. The van der Waals surface area contributed by atoms with Crippen LogP contribution in [-0.2, 0) is 25.4 Å². The molecule has 3 aliphatic heterocycles. The number of halogens is 2. The second-order valence-electron chi connectivity index (χ2n) is 10.1. The number of likely N-dealkylation sites (tertiary alicyclic amines) is 1. The van der Waals surface area contributed by atoms with Crippen LogP contribution in [0.3, 0.4) is 0 Å². The van der Waals surface area contributed by atoms with Crippen LogP contribution in [0.4, 0.5) is 15.9 Å². The molecule has 6 rings (SSSR count). The molecule has 3 aliphatic rings. The van der Waals surface area contributed by atoms with Crippen molar-refractivity contribution in [1.82, 2.24) is 14.9 Å². The Morgan fingerprint density at radius 1 is 1.15 bits per heavy atom. The number of nitrogens with one attached hydrogen (secondary N) is 1. The second-order valence-corrected chi connectivity index (χ2v) is 10.5. The highest BCUT2D eigenvalue weighted by molar-refractivity contribution is 6.31. The molecule has 1 aromatic heterocycles. The maximum Gasteiger partial charge on any atom is 0.159 e. The summed E-state index contributed by atoms with van der Waals surface area (Å²) in [7, 11) is 0. The third-order valence-corrected chi connectivity index (χ3v) is 7.54. The SMILES string of the molecule is O=C(/C=C/CN1C[C@@H]2OCCO[C@@H]2C1)Cc1cc2c(Nc3ccc(F)c(Cl)c3)ncnc2cc1O[C@H]1CCOC1. The number of hydrogen-bond donors (Lipinski definition) is 1. The lowest BCUT2D eigenvalue weighted by Gasteiger charge is -2.24. The lowest BCUT2D eigenvalue weighted by molar-refractivity contribution is -0.116. The van der Waals surface area contributed by atoms with Gasteiger partial charge in [0.25, 0.3) is 0 Å². The van der Waals surface area contributed by atoms with E-state index >= 15 is 0 Å². The number of benzene rings is 2. The van der Waals surface area contributed by atoms with Gasteiger partial charge in [0.1, 0.15) is 29.8 Å². The summed E-state index contributed by atoms with van der Waals surface area (Å²) >= 11 is 5.96. The number of carbonyl (C=O) groups excluding carboxylic acids is 1. The van der Waals surface area contributed by atoms with Crippen LogP contribution in [0.15, 0.2) is 48.8 Å².